The van der Waals surface area contributed by atoms with Gasteiger partial charge >= 0.3 is 0 Å². The molecule has 140 valence electrons. The zero-order valence-electron chi connectivity index (χ0n) is 15.7. The van der Waals surface area contributed by atoms with Crippen LogP contribution < -0.4 is 20.5 Å². The summed E-state index contributed by atoms with van der Waals surface area (Å²) in [5.41, 5.74) is 5.09. The van der Waals surface area contributed by atoms with Gasteiger partial charge in [-0.2, -0.15) is 0 Å². The van der Waals surface area contributed by atoms with Crippen LogP contribution in [0.4, 0.5) is 0 Å². The quantitative estimate of drug-likeness (QED) is 0.771. The van der Waals surface area contributed by atoms with Gasteiger partial charge in [0.1, 0.15) is 0 Å². The lowest BCUT2D eigenvalue weighted by Crippen LogP contribution is -2.45. The SMILES string of the molecule is COc1cc(C(=O)NC(C)(C)CC(C)(C)C)cc(Cl)c1OCC(N)=O. The summed E-state index contributed by atoms with van der Waals surface area (Å²) in [7, 11) is 1.42. The minimum absolute atomic E-state index is 0.0680. The Balaban J connectivity index is 3.03. The number of nitrogens with one attached hydrogen (secondary N) is 1. The van der Waals surface area contributed by atoms with Gasteiger partial charge in [0.2, 0.25) is 0 Å². The summed E-state index contributed by atoms with van der Waals surface area (Å²) >= 11 is 6.18. The van der Waals surface area contributed by atoms with E-state index in [0.29, 0.717) is 5.56 Å². The molecule has 1 aromatic rings. The molecule has 0 saturated carbocycles. The average Bonchev–Trinajstić information content (AvgIpc) is 2.41. The summed E-state index contributed by atoms with van der Waals surface area (Å²) in [6.07, 6.45) is 0.802. The van der Waals surface area contributed by atoms with E-state index in [2.05, 4.69) is 26.1 Å². The van der Waals surface area contributed by atoms with E-state index in [9.17, 15) is 9.59 Å². The number of benzene rings is 1. The number of hydrogen-bond donors (Lipinski definition) is 2. The van der Waals surface area contributed by atoms with Crippen molar-refractivity contribution in [3.05, 3.63) is 22.7 Å². The molecule has 0 heterocycles. The first kappa shape index (κ1) is 21.1. The van der Waals surface area contributed by atoms with E-state index in [-0.39, 0.29) is 34.5 Å². The second kappa shape index (κ2) is 7.95. The summed E-state index contributed by atoms with van der Waals surface area (Å²) in [6, 6.07) is 2.99. The van der Waals surface area contributed by atoms with Crippen molar-refractivity contribution in [2.75, 3.05) is 13.7 Å². The Labute approximate surface area is 154 Å². The molecule has 0 radical (unpaired) electrons. The van der Waals surface area contributed by atoms with Crippen LogP contribution in [0.15, 0.2) is 12.1 Å². The number of carbonyl (C=O) groups excluding carboxylic acids is 2. The molecule has 0 unspecified atom stereocenters. The van der Waals surface area contributed by atoms with Gasteiger partial charge in [-0.3, -0.25) is 9.59 Å². The summed E-state index contributed by atoms with van der Waals surface area (Å²) in [5, 5.41) is 3.18. The highest BCUT2D eigenvalue weighted by Gasteiger charge is 2.28. The monoisotopic (exact) mass is 370 g/mol. The minimum atomic E-state index is -0.635. The fraction of sp³-hybridized carbons (Fsp3) is 0.556. The number of amides is 2. The smallest absolute Gasteiger partial charge is 0.255 e. The number of halogens is 1. The topological polar surface area (TPSA) is 90.7 Å². The summed E-state index contributed by atoms with van der Waals surface area (Å²) in [6.45, 7) is 9.96. The summed E-state index contributed by atoms with van der Waals surface area (Å²) in [4.78, 5) is 23.5. The van der Waals surface area contributed by atoms with Crippen LogP contribution in [0.2, 0.25) is 5.02 Å². The Hall–Kier alpha value is -1.95. The van der Waals surface area contributed by atoms with E-state index in [1.54, 1.807) is 0 Å². The van der Waals surface area contributed by atoms with Gasteiger partial charge in [0.15, 0.2) is 18.1 Å². The lowest BCUT2D eigenvalue weighted by molar-refractivity contribution is -0.119. The zero-order chi connectivity index (χ0) is 19.4. The Kier molecular flexibility index (Phi) is 6.71. The Morgan fingerprint density at radius 3 is 2.28 bits per heavy atom. The molecule has 0 saturated heterocycles. The molecule has 1 rings (SSSR count). The highest BCUT2D eigenvalue weighted by atomic mass is 35.5. The van der Waals surface area contributed by atoms with Gasteiger partial charge in [0, 0.05) is 11.1 Å². The zero-order valence-corrected chi connectivity index (χ0v) is 16.4. The summed E-state index contributed by atoms with van der Waals surface area (Å²) < 4.78 is 10.5. The van der Waals surface area contributed by atoms with Crippen LogP contribution in [0.1, 0.15) is 51.4 Å². The van der Waals surface area contributed by atoms with Gasteiger partial charge < -0.3 is 20.5 Å². The molecule has 0 fully saturated rings. The van der Waals surface area contributed by atoms with Crippen LogP contribution in [0, 0.1) is 5.41 Å². The molecule has 7 heteroatoms. The second-order valence-electron chi connectivity index (χ2n) is 7.82. The molecule has 0 bridgehead atoms. The van der Waals surface area contributed by atoms with Crippen molar-refractivity contribution in [1.82, 2.24) is 5.32 Å². The van der Waals surface area contributed by atoms with Crippen molar-refractivity contribution >= 4 is 23.4 Å². The van der Waals surface area contributed by atoms with E-state index in [1.807, 2.05) is 13.8 Å². The third-order valence-corrected chi connectivity index (χ3v) is 3.56. The number of carbonyl (C=O) groups is 2. The highest BCUT2D eigenvalue weighted by molar-refractivity contribution is 6.32. The van der Waals surface area contributed by atoms with Crippen molar-refractivity contribution in [3.8, 4) is 11.5 Å². The first-order valence-corrected chi connectivity index (χ1v) is 8.33. The van der Waals surface area contributed by atoms with Gasteiger partial charge in [0.05, 0.1) is 12.1 Å². The Morgan fingerprint density at radius 2 is 1.80 bits per heavy atom. The van der Waals surface area contributed by atoms with Crippen LogP contribution in [-0.2, 0) is 4.79 Å². The van der Waals surface area contributed by atoms with Gasteiger partial charge in [-0.15, -0.1) is 0 Å². The van der Waals surface area contributed by atoms with Crippen LogP contribution in [0.25, 0.3) is 0 Å². The largest absolute Gasteiger partial charge is 0.493 e. The van der Waals surface area contributed by atoms with E-state index < -0.39 is 11.4 Å². The van der Waals surface area contributed by atoms with E-state index in [0.717, 1.165) is 6.42 Å². The standard InChI is InChI=1S/C18H27ClN2O4/c1-17(2,3)10-18(4,5)21-16(23)11-7-12(19)15(13(8-11)24-6)25-9-14(20)22/h7-8H,9-10H2,1-6H3,(H2,20,22)(H,21,23). The number of rotatable bonds is 7. The molecule has 1 aromatic carbocycles. The van der Waals surface area contributed by atoms with Gasteiger partial charge in [-0.1, -0.05) is 32.4 Å². The second-order valence-corrected chi connectivity index (χ2v) is 8.23. The molecule has 6 nitrogen and oxygen atoms in total. The molecule has 3 N–H and O–H groups in total. The van der Waals surface area contributed by atoms with Crippen molar-refractivity contribution in [3.63, 3.8) is 0 Å². The van der Waals surface area contributed by atoms with E-state index in [4.69, 9.17) is 26.8 Å². The molecule has 0 aliphatic carbocycles. The maximum absolute atomic E-state index is 12.6. The minimum Gasteiger partial charge on any atom is -0.493 e. The highest BCUT2D eigenvalue weighted by Crippen LogP contribution is 2.36. The third kappa shape index (κ3) is 6.82. The lowest BCUT2D eigenvalue weighted by atomic mass is 9.81. The Bertz CT molecular complexity index is 651. The molecular weight excluding hydrogens is 344 g/mol. The van der Waals surface area contributed by atoms with Gasteiger partial charge in [-0.05, 0) is 37.8 Å². The molecular formula is C18H27ClN2O4. The molecule has 0 aromatic heterocycles. The predicted octanol–water partition coefficient (Wildman–Crippen LogP) is 3.16. The van der Waals surface area contributed by atoms with Crippen LogP contribution in [-0.4, -0.2) is 31.1 Å². The molecule has 0 spiro atoms. The lowest BCUT2D eigenvalue weighted by Gasteiger charge is -2.33. The molecule has 0 aliphatic rings. The fourth-order valence-corrected chi connectivity index (χ4v) is 3.15. The maximum atomic E-state index is 12.6. The van der Waals surface area contributed by atoms with E-state index >= 15 is 0 Å². The predicted molar refractivity (Wildman–Crippen MR) is 98.3 cm³/mol. The van der Waals surface area contributed by atoms with Crippen molar-refractivity contribution < 1.29 is 19.1 Å². The summed E-state index contributed by atoms with van der Waals surface area (Å²) in [5.74, 6) is -0.472. The van der Waals surface area contributed by atoms with Crippen LogP contribution in [0.3, 0.4) is 0 Å². The third-order valence-electron chi connectivity index (χ3n) is 3.27. The van der Waals surface area contributed by atoms with E-state index in [1.165, 1.54) is 19.2 Å². The molecule has 0 aliphatic heterocycles. The van der Waals surface area contributed by atoms with Gasteiger partial charge in [-0.25, -0.2) is 0 Å². The number of primary amides is 1. The number of hydrogen-bond acceptors (Lipinski definition) is 4. The maximum Gasteiger partial charge on any atom is 0.255 e. The molecule has 0 atom stereocenters. The first-order valence-electron chi connectivity index (χ1n) is 7.96. The number of nitrogens with two attached hydrogens (primary N) is 1. The fourth-order valence-electron chi connectivity index (χ4n) is 2.88. The van der Waals surface area contributed by atoms with Gasteiger partial charge in [0.25, 0.3) is 11.8 Å². The van der Waals surface area contributed by atoms with Crippen LogP contribution in [0.5, 0.6) is 11.5 Å². The van der Waals surface area contributed by atoms with Crippen molar-refractivity contribution in [2.45, 2.75) is 46.6 Å². The average molecular weight is 371 g/mol. The van der Waals surface area contributed by atoms with Crippen molar-refractivity contribution in [1.29, 1.82) is 0 Å². The van der Waals surface area contributed by atoms with Crippen LogP contribution >= 0.6 is 11.6 Å². The first-order chi connectivity index (χ1) is 11.3. The number of methoxy groups -OCH3 is 1. The Morgan fingerprint density at radius 1 is 1.20 bits per heavy atom. The molecule has 25 heavy (non-hydrogen) atoms. The normalized spacial score (nSPS) is 11.8. The van der Waals surface area contributed by atoms with Crippen molar-refractivity contribution in [2.24, 2.45) is 11.1 Å². The number of ether oxygens (including phenoxy) is 2. The molecule has 2 amide bonds.